The maximum Gasteiger partial charge on any atom is 0.410 e. The van der Waals surface area contributed by atoms with Crippen LogP contribution in [-0.4, -0.2) is 112 Å². The van der Waals surface area contributed by atoms with Crippen LogP contribution in [0.4, 0.5) is 4.79 Å². The van der Waals surface area contributed by atoms with E-state index < -0.39 is 53.1 Å². The number of ketones is 1. The van der Waals surface area contributed by atoms with Gasteiger partial charge in [0.1, 0.15) is 28.5 Å². The van der Waals surface area contributed by atoms with E-state index in [9.17, 15) is 14.4 Å². The molecule has 2 aromatic rings. The van der Waals surface area contributed by atoms with Crippen LogP contribution in [0.15, 0.2) is 17.8 Å². The second kappa shape index (κ2) is 14.9. The van der Waals surface area contributed by atoms with Gasteiger partial charge < -0.3 is 19.1 Å². The molecule has 0 saturated carbocycles. The topological polar surface area (TPSA) is 129 Å². The molecule has 4 rings (SSSR count). The van der Waals surface area contributed by atoms with E-state index in [1.54, 1.807) is 36.7 Å². The number of carbonyl (C=O) groups excluding carboxylic acids is 3. The highest BCUT2D eigenvalue weighted by molar-refractivity contribution is 7.13. The van der Waals surface area contributed by atoms with Gasteiger partial charge in [0.05, 0.1) is 25.7 Å². The summed E-state index contributed by atoms with van der Waals surface area (Å²) in [4.78, 5) is 48.8. The maximum atomic E-state index is 13.6. The zero-order valence-corrected chi connectivity index (χ0v) is 29.3. The SMILES string of the molecule is [B][C@@H]1[C@@H](C)C(=O)[C@@H](C)C(=O)O[C@H](CC)[C@@]2(C)OC(=O)N(CCCCn3cc(-c4nccs4)nn3)[C@@H]2[C@H](C)N(C)CCC[C@@]1(C)OC. The minimum atomic E-state index is -1.14. The van der Waals surface area contributed by atoms with Gasteiger partial charge in [-0.3, -0.25) is 19.2 Å². The number of rotatable bonds is 8. The fourth-order valence-corrected chi connectivity index (χ4v) is 7.55. The lowest BCUT2D eigenvalue weighted by Gasteiger charge is -2.43. The fourth-order valence-electron chi connectivity index (χ4n) is 6.96. The van der Waals surface area contributed by atoms with Crippen LogP contribution in [0.2, 0.25) is 5.82 Å². The van der Waals surface area contributed by atoms with Gasteiger partial charge in [-0.1, -0.05) is 19.1 Å². The molecule has 1 amide bonds. The molecule has 0 bridgehead atoms. The van der Waals surface area contributed by atoms with Crippen molar-refractivity contribution in [2.24, 2.45) is 11.8 Å². The van der Waals surface area contributed by atoms with Gasteiger partial charge in [0, 0.05) is 43.7 Å². The van der Waals surface area contributed by atoms with Gasteiger partial charge in [-0.2, -0.15) is 0 Å². The van der Waals surface area contributed by atoms with Crippen LogP contribution in [0.5, 0.6) is 0 Å². The number of aromatic nitrogens is 4. The molecule has 4 heterocycles. The van der Waals surface area contributed by atoms with E-state index in [4.69, 9.17) is 22.1 Å². The number of unbranched alkanes of at least 4 members (excludes halogenated alkanes) is 1. The van der Waals surface area contributed by atoms with Crippen molar-refractivity contribution in [2.45, 2.75) is 115 Å². The number of ether oxygens (including phenoxy) is 3. The summed E-state index contributed by atoms with van der Waals surface area (Å²) >= 11 is 1.51. The van der Waals surface area contributed by atoms with Crippen molar-refractivity contribution in [2.75, 3.05) is 27.2 Å². The Morgan fingerprint density at radius 1 is 1.15 bits per heavy atom. The zero-order chi connectivity index (χ0) is 33.8. The number of esters is 1. The second-order valence-corrected chi connectivity index (χ2v) is 14.1. The number of nitrogens with zero attached hydrogens (tertiary/aromatic N) is 6. The van der Waals surface area contributed by atoms with Gasteiger partial charge in [0.25, 0.3) is 0 Å². The van der Waals surface area contributed by atoms with E-state index in [1.165, 1.54) is 11.3 Å². The molecule has 2 aromatic heterocycles. The zero-order valence-electron chi connectivity index (χ0n) is 28.5. The fraction of sp³-hybridized carbons (Fsp3) is 0.750. The van der Waals surface area contributed by atoms with Gasteiger partial charge in [-0.05, 0) is 79.2 Å². The summed E-state index contributed by atoms with van der Waals surface area (Å²) in [5, 5.41) is 11.2. The van der Waals surface area contributed by atoms with Crippen molar-refractivity contribution in [3.8, 4) is 10.7 Å². The number of likely N-dealkylation sites (N-methyl/N-ethyl adjacent to an activating group) is 1. The van der Waals surface area contributed by atoms with Gasteiger partial charge in [-0.25, -0.2) is 9.78 Å². The van der Waals surface area contributed by atoms with Crippen LogP contribution < -0.4 is 0 Å². The first-order chi connectivity index (χ1) is 21.8. The highest BCUT2D eigenvalue weighted by Gasteiger charge is 2.59. The lowest BCUT2D eigenvalue weighted by atomic mass is 9.63. The van der Waals surface area contributed by atoms with Crippen molar-refractivity contribution in [3.05, 3.63) is 17.8 Å². The Morgan fingerprint density at radius 3 is 2.52 bits per heavy atom. The summed E-state index contributed by atoms with van der Waals surface area (Å²) in [5.74, 6) is -3.22. The summed E-state index contributed by atoms with van der Waals surface area (Å²) in [5.41, 5.74) is -1.18. The van der Waals surface area contributed by atoms with Gasteiger partial charge in [0.2, 0.25) is 0 Å². The smallest absolute Gasteiger partial charge is 0.410 e. The van der Waals surface area contributed by atoms with Crippen LogP contribution in [0.1, 0.15) is 73.6 Å². The highest BCUT2D eigenvalue weighted by atomic mass is 32.1. The molecule has 2 aliphatic rings. The lowest BCUT2D eigenvalue weighted by molar-refractivity contribution is -0.171. The van der Waals surface area contributed by atoms with E-state index in [2.05, 4.69) is 27.1 Å². The van der Waals surface area contributed by atoms with Crippen LogP contribution in [0.3, 0.4) is 0 Å². The molecule has 2 saturated heterocycles. The van der Waals surface area contributed by atoms with E-state index in [0.29, 0.717) is 38.9 Å². The van der Waals surface area contributed by atoms with Crippen molar-refractivity contribution >= 4 is 37.0 Å². The van der Waals surface area contributed by atoms with Crippen LogP contribution >= 0.6 is 11.3 Å². The monoisotopic (exact) mass is 656 g/mol. The quantitative estimate of drug-likeness (QED) is 0.175. The number of carbonyl (C=O) groups is 3. The molecule has 12 nitrogen and oxygen atoms in total. The third-order valence-electron chi connectivity index (χ3n) is 10.2. The van der Waals surface area contributed by atoms with Crippen LogP contribution in [-0.2, 0) is 30.3 Å². The Hall–Kier alpha value is -2.84. The molecule has 2 radical (unpaired) electrons. The molecular weight excluding hydrogens is 607 g/mol. The van der Waals surface area contributed by atoms with Crippen molar-refractivity contribution < 1.29 is 28.6 Å². The number of thiazole rings is 1. The number of Topliss-reactive ketones (excluding diaryl/α,β-unsaturated/α-hetero) is 1. The number of methoxy groups -OCH3 is 1. The minimum absolute atomic E-state index is 0.147. The standard InChI is InChI=1S/C32H49BN6O6S/c1-9-24-32(6)27(39(30(42)45-32)17-11-10-16-38-19-23(35-36-38)28-34-14-18-46-28)22(4)37(7)15-12-13-31(5,43-8)26(33)20(2)25(40)21(3)29(41)44-24/h14,18-22,24,26-27H,9-13,15-17H2,1-8H3/t20-,21+,22-,24+,26+,27+,31+,32+/m0/s1. The molecule has 252 valence electrons. The molecule has 0 aliphatic carbocycles. The third-order valence-corrected chi connectivity index (χ3v) is 11.0. The molecule has 0 N–H and O–H groups in total. The van der Waals surface area contributed by atoms with Gasteiger partial charge in [-0.15, -0.1) is 16.4 Å². The molecule has 2 aliphatic heterocycles. The molecule has 0 spiro atoms. The van der Waals surface area contributed by atoms with Gasteiger partial charge >= 0.3 is 12.1 Å². The number of fused-ring (bicyclic) bond motifs is 1. The van der Waals surface area contributed by atoms with E-state index in [0.717, 1.165) is 23.5 Å². The average Bonchev–Trinajstić information content (AvgIpc) is 3.79. The predicted molar refractivity (Wildman–Crippen MR) is 175 cm³/mol. The molecule has 8 atom stereocenters. The summed E-state index contributed by atoms with van der Waals surface area (Å²) < 4.78 is 19.9. The Kier molecular flexibility index (Phi) is 11.7. The predicted octanol–water partition coefficient (Wildman–Crippen LogP) is 4.40. The highest BCUT2D eigenvalue weighted by Crippen LogP contribution is 2.41. The lowest BCUT2D eigenvalue weighted by Crippen LogP contribution is -2.60. The number of amides is 1. The first kappa shape index (κ1) is 36.0. The summed E-state index contributed by atoms with van der Waals surface area (Å²) in [7, 11) is 10.3. The Bertz CT molecular complexity index is 1340. The van der Waals surface area contributed by atoms with Crippen molar-refractivity contribution in [1.29, 1.82) is 0 Å². The first-order valence-electron chi connectivity index (χ1n) is 16.3. The van der Waals surface area contributed by atoms with E-state index in [1.807, 2.05) is 39.4 Å². The molecule has 2 fully saturated rings. The average molecular weight is 657 g/mol. The number of hydrogen-bond acceptors (Lipinski definition) is 11. The van der Waals surface area contributed by atoms with Crippen LogP contribution in [0.25, 0.3) is 10.7 Å². The van der Waals surface area contributed by atoms with E-state index >= 15 is 0 Å². The molecular formula is C32H49BN6O6S. The molecule has 0 aromatic carbocycles. The normalized spacial score (nSPS) is 33.7. The minimum Gasteiger partial charge on any atom is -0.458 e. The summed E-state index contributed by atoms with van der Waals surface area (Å²) in [6.45, 7) is 12.8. The molecule has 14 heteroatoms. The Labute approximate surface area is 277 Å². The van der Waals surface area contributed by atoms with Crippen molar-refractivity contribution in [1.82, 2.24) is 29.8 Å². The third kappa shape index (κ3) is 7.33. The Balaban J connectivity index is 1.56. The second-order valence-electron chi connectivity index (χ2n) is 13.2. The Morgan fingerprint density at radius 2 is 1.87 bits per heavy atom. The first-order valence-corrected chi connectivity index (χ1v) is 17.2. The van der Waals surface area contributed by atoms with E-state index in [-0.39, 0.29) is 11.8 Å². The molecule has 0 unspecified atom stereocenters. The molecule has 46 heavy (non-hydrogen) atoms. The number of hydrogen-bond donors (Lipinski definition) is 0. The van der Waals surface area contributed by atoms with Gasteiger partial charge in [0.15, 0.2) is 5.60 Å². The summed E-state index contributed by atoms with van der Waals surface area (Å²) in [6.07, 6.45) is 5.65. The maximum absolute atomic E-state index is 13.6. The largest absolute Gasteiger partial charge is 0.458 e. The summed E-state index contributed by atoms with van der Waals surface area (Å²) in [6, 6.07) is -0.567. The number of aryl methyl sites for hydroxylation is 1. The number of cyclic esters (lactones) is 1. The van der Waals surface area contributed by atoms with Crippen molar-refractivity contribution in [3.63, 3.8) is 0 Å². The van der Waals surface area contributed by atoms with Crippen LogP contribution in [0, 0.1) is 11.8 Å².